The normalized spacial score (nSPS) is 11.4. The van der Waals surface area contributed by atoms with E-state index < -0.39 is 16.0 Å². The van der Waals surface area contributed by atoms with Crippen molar-refractivity contribution in [1.29, 1.82) is 0 Å². The fourth-order valence-corrected chi connectivity index (χ4v) is 2.44. The lowest BCUT2D eigenvalue weighted by Gasteiger charge is -2.05. The summed E-state index contributed by atoms with van der Waals surface area (Å²) in [4.78, 5) is 19.7. The van der Waals surface area contributed by atoms with Gasteiger partial charge in [0.25, 0.3) is 10.0 Å². The number of aromatic carboxylic acids is 1. The second-order valence-corrected chi connectivity index (χ2v) is 5.18. The number of aryl methyl sites for hydroxylation is 1. The number of carboxylic acids is 1. The van der Waals surface area contributed by atoms with E-state index in [2.05, 4.69) is 19.7 Å². The van der Waals surface area contributed by atoms with Crippen LogP contribution in [0.25, 0.3) is 0 Å². The smallest absolute Gasteiger partial charge is 0.339 e. The van der Waals surface area contributed by atoms with Crippen LogP contribution in [0, 0.1) is 6.92 Å². The maximum absolute atomic E-state index is 11.9. The number of anilines is 1. The second kappa shape index (κ2) is 4.18. The quantitative estimate of drug-likeness (QED) is 0.644. The van der Waals surface area contributed by atoms with Gasteiger partial charge in [0.2, 0.25) is 0 Å². The number of carbonyl (C=O) groups is 1. The first-order chi connectivity index (χ1) is 8.42. The lowest BCUT2D eigenvalue weighted by molar-refractivity contribution is 0.0697. The predicted octanol–water partition coefficient (Wildman–Crippen LogP) is 0.545. The number of hydrogen-bond donors (Lipinski definition) is 4. The summed E-state index contributed by atoms with van der Waals surface area (Å²) in [6.45, 7) is 1.54. The van der Waals surface area contributed by atoms with Crippen LogP contribution in [-0.2, 0) is 10.0 Å². The van der Waals surface area contributed by atoms with Crippen molar-refractivity contribution < 1.29 is 18.3 Å². The highest BCUT2D eigenvalue weighted by Crippen LogP contribution is 2.21. The number of H-pyrrole nitrogens is 2. The number of sulfonamides is 1. The van der Waals surface area contributed by atoms with Crippen molar-refractivity contribution in [2.45, 2.75) is 11.9 Å². The molecule has 0 radical (unpaired) electrons. The van der Waals surface area contributed by atoms with E-state index >= 15 is 0 Å². The molecule has 0 saturated carbocycles. The van der Waals surface area contributed by atoms with E-state index in [0.29, 0.717) is 5.69 Å². The first-order valence-corrected chi connectivity index (χ1v) is 6.32. The average Bonchev–Trinajstić information content (AvgIpc) is 2.87. The molecular formula is C9H10N4O4S. The van der Waals surface area contributed by atoms with E-state index in [1.54, 1.807) is 0 Å². The molecule has 2 rings (SSSR count). The van der Waals surface area contributed by atoms with Crippen LogP contribution in [-0.4, -0.2) is 34.4 Å². The molecule has 0 aromatic carbocycles. The molecule has 9 heteroatoms. The third-order valence-electron chi connectivity index (χ3n) is 2.30. The van der Waals surface area contributed by atoms with Gasteiger partial charge in [0.05, 0.1) is 18.2 Å². The largest absolute Gasteiger partial charge is 0.478 e. The molecule has 0 atom stereocenters. The average molecular weight is 270 g/mol. The molecule has 18 heavy (non-hydrogen) atoms. The van der Waals surface area contributed by atoms with Crippen molar-refractivity contribution in [3.63, 3.8) is 0 Å². The van der Waals surface area contributed by atoms with Crippen molar-refractivity contribution in [2.75, 3.05) is 4.72 Å². The van der Waals surface area contributed by atoms with Crippen LogP contribution in [0.1, 0.15) is 16.1 Å². The highest BCUT2D eigenvalue weighted by molar-refractivity contribution is 7.92. The Morgan fingerprint density at radius 1 is 1.44 bits per heavy atom. The molecule has 0 bridgehead atoms. The highest BCUT2D eigenvalue weighted by Gasteiger charge is 2.22. The third-order valence-corrected chi connectivity index (χ3v) is 3.59. The van der Waals surface area contributed by atoms with Crippen LogP contribution in [0.3, 0.4) is 0 Å². The fourth-order valence-electron chi connectivity index (χ4n) is 1.47. The zero-order valence-corrected chi connectivity index (χ0v) is 10.1. The predicted molar refractivity (Wildman–Crippen MR) is 61.9 cm³/mol. The number of rotatable bonds is 4. The Morgan fingerprint density at radius 2 is 2.17 bits per heavy atom. The van der Waals surface area contributed by atoms with E-state index in [9.17, 15) is 13.2 Å². The Labute approximate surface area is 102 Å². The van der Waals surface area contributed by atoms with Gasteiger partial charge >= 0.3 is 5.97 Å². The summed E-state index contributed by atoms with van der Waals surface area (Å²) in [5.74, 6) is -1.21. The topological polar surface area (TPSA) is 128 Å². The maximum atomic E-state index is 11.9. The van der Waals surface area contributed by atoms with Gasteiger partial charge in [0, 0.05) is 11.9 Å². The summed E-state index contributed by atoms with van der Waals surface area (Å²) in [6.07, 6.45) is 3.63. The minimum absolute atomic E-state index is 0.0189. The lowest BCUT2D eigenvalue weighted by Crippen LogP contribution is -2.15. The number of imidazole rings is 1. The van der Waals surface area contributed by atoms with E-state index in [-0.39, 0.29) is 16.3 Å². The van der Waals surface area contributed by atoms with Gasteiger partial charge in [-0.3, -0.25) is 4.72 Å². The molecule has 0 aliphatic rings. The summed E-state index contributed by atoms with van der Waals surface area (Å²) in [7, 11) is -3.86. The van der Waals surface area contributed by atoms with Gasteiger partial charge in [-0.25, -0.2) is 9.78 Å². The summed E-state index contributed by atoms with van der Waals surface area (Å²) < 4.78 is 25.9. The van der Waals surface area contributed by atoms with Crippen LogP contribution in [0.4, 0.5) is 5.69 Å². The van der Waals surface area contributed by atoms with E-state index in [0.717, 1.165) is 6.20 Å². The van der Waals surface area contributed by atoms with Crippen LogP contribution in [0.5, 0.6) is 0 Å². The summed E-state index contributed by atoms with van der Waals surface area (Å²) in [5, 5.41) is 8.85. The van der Waals surface area contributed by atoms with Crippen LogP contribution in [0.2, 0.25) is 0 Å². The molecule has 0 aliphatic heterocycles. The molecule has 2 aromatic heterocycles. The van der Waals surface area contributed by atoms with Crippen molar-refractivity contribution in [1.82, 2.24) is 15.0 Å². The first-order valence-electron chi connectivity index (χ1n) is 4.84. The molecule has 0 amide bonds. The zero-order valence-electron chi connectivity index (χ0n) is 9.26. The van der Waals surface area contributed by atoms with Gasteiger partial charge in [-0.2, -0.15) is 8.42 Å². The molecule has 8 nitrogen and oxygen atoms in total. The Kier molecular flexibility index (Phi) is 2.83. The zero-order chi connectivity index (χ0) is 13.3. The molecule has 2 aromatic rings. The molecule has 0 aliphatic carbocycles. The Hall–Kier alpha value is -2.29. The Bertz CT molecular complexity index is 671. The van der Waals surface area contributed by atoms with Crippen LogP contribution >= 0.6 is 0 Å². The minimum atomic E-state index is -3.86. The van der Waals surface area contributed by atoms with E-state index in [1.165, 1.54) is 19.4 Å². The van der Waals surface area contributed by atoms with E-state index in [4.69, 9.17) is 5.11 Å². The Morgan fingerprint density at radius 3 is 2.72 bits per heavy atom. The van der Waals surface area contributed by atoms with Gasteiger partial charge in [-0.05, 0) is 6.92 Å². The molecule has 0 unspecified atom stereocenters. The molecule has 4 N–H and O–H groups in total. The maximum Gasteiger partial charge on any atom is 0.339 e. The molecule has 0 saturated heterocycles. The fraction of sp³-hybridized carbons (Fsp3) is 0.111. The van der Waals surface area contributed by atoms with Gasteiger partial charge in [-0.1, -0.05) is 0 Å². The highest BCUT2D eigenvalue weighted by atomic mass is 32.2. The van der Waals surface area contributed by atoms with Crippen molar-refractivity contribution in [3.05, 3.63) is 30.0 Å². The SMILES string of the molecule is Cc1[nH]cc(NS(=O)(=O)c2cnc[nH]2)c1C(=O)O. The number of carboxylic acid groups (broad SMARTS) is 1. The molecule has 0 fully saturated rings. The monoisotopic (exact) mass is 270 g/mol. The molecule has 0 spiro atoms. The van der Waals surface area contributed by atoms with E-state index in [1.807, 2.05) is 0 Å². The third kappa shape index (κ3) is 2.07. The van der Waals surface area contributed by atoms with Gasteiger partial charge in [-0.15, -0.1) is 0 Å². The second-order valence-electron chi connectivity index (χ2n) is 3.53. The molecule has 2 heterocycles. The summed E-state index contributed by atoms with van der Waals surface area (Å²) in [6, 6.07) is 0. The van der Waals surface area contributed by atoms with Gasteiger partial charge < -0.3 is 15.1 Å². The number of hydrogen-bond acceptors (Lipinski definition) is 4. The van der Waals surface area contributed by atoms with Crippen LogP contribution in [0.15, 0.2) is 23.7 Å². The first kappa shape index (κ1) is 12.2. The number of aromatic nitrogens is 3. The van der Waals surface area contributed by atoms with Crippen molar-refractivity contribution >= 4 is 21.7 Å². The number of nitrogens with zero attached hydrogens (tertiary/aromatic N) is 1. The van der Waals surface area contributed by atoms with Crippen LogP contribution < -0.4 is 4.72 Å². The Balaban J connectivity index is 2.39. The summed E-state index contributed by atoms with van der Waals surface area (Å²) >= 11 is 0. The standard InChI is InChI=1S/C9H10N4O4S/c1-5-8(9(14)15)6(2-11-5)13-18(16,17)7-3-10-4-12-7/h2-4,11,13H,1H3,(H,10,12)(H,14,15). The summed E-state index contributed by atoms with van der Waals surface area (Å²) in [5.41, 5.74) is 0.234. The molecular weight excluding hydrogens is 260 g/mol. The lowest BCUT2D eigenvalue weighted by atomic mass is 10.2. The minimum Gasteiger partial charge on any atom is -0.478 e. The van der Waals surface area contributed by atoms with Gasteiger partial charge in [0.15, 0.2) is 5.03 Å². The number of nitrogens with one attached hydrogen (secondary N) is 3. The van der Waals surface area contributed by atoms with Crippen molar-refractivity contribution in [2.24, 2.45) is 0 Å². The van der Waals surface area contributed by atoms with Gasteiger partial charge in [0.1, 0.15) is 5.56 Å². The number of aromatic amines is 2. The molecule has 96 valence electrons. The van der Waals surface area contributed by atoms with Crippen molar-refractivity contribution in [3.8, 4) is 0 Å².